The van der Waals surface area contributed by atoms with E-state index in [0.717, 1.165) is 32.1 Å². The van der Waals surface area contributed by atoms with Gasteiger partial charge in [-0.05, 0) is 39.5 Å². The van der Waals surface area contributed by atoms with Gasteiger partial charge in [-0.25, -0.2) is 9.59 Å². The third-order valence-corrected chi connectivity index (χ3v) is 6.18. The van der Waals surface area contributed by atoms with Crippen molar-refractivity contribution in [3.05, 3.63) is 0 Å². The van der Waals surface area contributed by atoms with Crippen molar-refractivity contribution in [1.29, 1.82) is 0 Å². The molecule has 6 amide bonds. The summed E-state index contributed by atoms with van der Waals surface area (Å²) < 4.78 is 0. The lowest BCUT2D eigenvalue weighted by Gasteiger charge is -2.41. The van der Waals surface area contributed by atoms with Gasteiger partial charge in [0.2, 0.25) is 11.8 Å². The first-order valence-electron chi connectivity index (χ1n) is 11.6. The molecule has 0 radical (unpaired) electrons. The van der Waals surface area contributed by atoms with Crippen LogP contribution in [0.1, 0.15) is 58.8 Å². The number of rotatable bonds is 4. The van der Waals surface area contributed by atoms with Crippen molar-refractivity contribution in [1.82, 2.24) is 31.1 Å². The van der Waals surface area contributed by atoms with Crippen molar-refractivity contribution in [2.24, 2.45) is 0 Å². The number of amides is 6. The summed E-state index contributed by atoms with van der Waals surface area (Å²) >= 11 is 0. The molecule has 0 unspecified atom stereocenters. The highest BCUT2D eigenvalue weighted by molar-refractivity contribution is 5.93. The first-order valence-corrected chi connectivity index (χ1v) is 11.6. The lowest BCUT2D eigenvalue weighted by molar-refractivity contribution is -0.133. The van der Waals surface area contributed by atoms with Crippen LogP contribution in [0.4, 0.5) is 9.59 Å². The van der Waals surface area contributed by atoms with Crippen molar-refractivity contribution in [2.75, 3.05) is 26.2 Å². The van der Waals surface area contributed by atoms with E-state index in [4.69, 9.17) is 0 Å². The Morgan fingerprint density at radius 2 is 1.71 bits per heavy atom. The van der Waals surface area contributed by atoms with Gasteiger partial charge >= 0.3 is 12.1 Å². The van der Waals surface area contributed by atoms with Crippen LogP contribution in [0.2, 0.25) is 0 Å². The van der Waals surface area contributed by atoms with E-state index in [1.807, 2.05) is 13.8 Å². The highest BCUT2D eigenvalue weighted by Gasteiger charge is 2.39. The van der Waals surface area contributed by atoms with Crippen LogP contribution in [0.3, 0.4) is 0 Å². The zero-order chi connectivity index (χ0) is 22.4. The molecule has 1 aliphatic carbocycles. The summed E-state index contributed by atoms with van der Waals surface area (Å²) in [5.41, 5.74) is 0. The monoisotopic (exact) mass is 436 g/mol. The average Bonchev–Trinajstić information content (AvgIpc) is 2.75. The van der Waals surface area contributed by atoms with Gasteiger partial charge in [0.25, 0.3) is 0 Å². The van der Waals surface area contributed by atoms with Crippen LogP contribution in [-0.2, 0) is 9.59 Å². The molecule has 2 heterocycles. The number of piperazine rings is 1. The molecule has 2 saturated heterocycles. The van der Waals surface area contributed by atoms with E-state index >= 15 is 0 Å². The van der Waals surface area contributed by atoms with E-state index in [-0.39, 0.29) is 43.1 Å². The van der Waals surface area contributed by atoms with Crippen LogP contribution in [0, 0.1) is 0 Å². The van der Waals surface area contributed by atoms with Gasteiger partial charge in [0, 0.05) is 31.7 Å². The molecule has 31 heavy (non-hydrogen) atoms. The normalized spacial score (nSPS) is 25.1. The van der Waals surface area contributed by atoms with E-state index in [0.29, 0.717) is 19.5 Å². The molecule has 0 aromatic rings. The summed E-state index contributed by atoms with van der Waals surface area (Å²) in [5, 5.41) is 11.5. The second-order valence-corrected chi connectivity index (χ2v) is 9.04. The van der Waals surface area contributed by atoms with Crippen molar-refractivity contribution in [3.8, 4) is 0 Å². The van der Waals surface area contributed by atoms with E-state index in [1.165, 1.54) is 11.3 Å². The molecule has 0 spiro atoms. The van der Waals surface area contributed by atoms with Crippen molar-refractivity contribution >= 4 is 23.9 Å². The number of nitrogens with one attached hydrogen (secondary N) is 4. The number of carbonyl (C=O) groups is 4. The lowest BCUT2D eigenvalue weighted by atomic mass is 9.96. The van der Waals surface area contributed by atoms with E-state index in [1.54, 1.807) is 4.90 Å². The Morgan fingerprint density at radius 1 is 0.968 bits per heavy atom. The van der Waals surface area contributed by atoms with Gasteiger partial charge in [-0.1, -0.05) is 19.3 Å². The van der Waals surface area contributed by atoms with Crippen LogP contribution in [-0.4, -0.2) is 84.0 Å². The molecule has 1 saturated carbocycles. The molecule has 0 aromatic carbocycles. The highest BCUT2D eigenvalue weighted by atomic mass is 16.2. The van der Waals surface area contributed by atoms with E-state index < -0.39 is 18.0 Å². The Morgan fingerprint density at radius 3 is 2.39 bits per heavy atom. The maximum atomic E-state index is 13.1. The second-order valence-electron chi connectivity index (χ2n) is 9.04. The van der Waals surface area contributed by atoms with Gasteiger partial charge in [0.15, 0.2) is 0 Å². The van der Waals surface area contributed by atoms with Gasteiger partial charge < -0.3 is 31.1 Å². The summed E-state index contributed by atoms with van der Waals surface area (Å²) in [7, 11) is 0. The summed E-state index contributed by atoms with van der Waals surface area (Å²) in [6.07, 6.45) is 6.73. The van der Waals surface area contributed by atoms with Gasteiger partial charge in [-0.2, -0.15) is 0 Å². The van der Waals surface area contributed by atoms with Crippen molar-refractivity contribution < 1.29 is 19.2 Å². The van der Waals surface area contributed by atoms with Crippen LogP contribution >= 0.6 is 0 Å². The SMILES string of the molecule is CC(C)NC(=O)N1CCN(C(=O)NC2CCCCC2)C[C@H]1C(=O)N[C@H]1CCCNC1=O. The smallest absolute Gasteiger partial charge is 0.318 e. The predicted octanol–water partition coefficient (Wildman–Crippen LogP) is 0.528. The van der Waals surface area contributed by atoms with Crippen LogP contribution < -0.4 is 21.3 Å². The maximum absolute atomic E-state index is 13.1. The minimum Gasteiger partial charge on any atom is -0.354 e. The van der Waals surface area contributed by atoms with Gasteiger partial charge in [0.05, 0.1) is 6.54 Å². The number of hydrogen-bond donors (Lipinski definition) is 4. The Hall–Kier alpha value is -2.52. The van der Waals surface area contributed by atoms with Crippen LogP contribution in [0.15, 0.2) is 0 Å². The first-order chi connectivity index (χ1) is 14.8. The van der Waals surface area contributed by atoms with E-state index in [9.17, 15) is 19.2 Å². The molecule has 0 bridgehead atoms. The molecule has 2 atom stereocenters. The maximum Gasteiger partial charge on any atom is 0.318 e. The topological polar surface area (TPSA) is 123 Å². The molecule has 2 aliphatic heterocycles. The zero-order valence-electron chi connectivity index (χ0n) is 18.6. The Labute approximate surface area is 183 Å². The largest absolute Gasteiger partial charge is 0.354 e. The number of nitrogens with zero attached hydrogens (tertiary/aromatic N) is 2. The van der Waals surface area contributed by atoms with Gasteiger partial charge in [-0.3, -0.25) is 9.59 Å². The molecule has 174 valence electrons. The number of urea groups is 2. The standard InChI is InChI=1S/C21H36N6O4/c1-14(2)23-21(31)27-12-11-26(20(30)24-15-7-4-3-5-8-15)13-17(27)19(29)25-16-9-6-10-22-18(16)28/h14-17H,3-13H2,1-2H3,(H,22,28)(H,23,31)(H,24,30)(H,25,29)/t16-,17-/m0/s1. The van der Waals surface area contributed by atoms with Gasteiger partial charge in [-0.15, -0.1) is 0 Å². The minimum absolute atomic E-state index is 0.0760. The second kappa shape index (κ2) is 10.7. The lowest BCUT2D eigenvalue weighted by Crippen LogP contribution is -2.66. The Bertz CT molecular complexity index is 679. The van der Waals surface area contributed by atoms with Crippen LogP contribution in [0.5, 0.6) is 0 Å². The summed E-state index contributed by atoms with van der Waals surface area (Å²) in [5.74, 6) is -0.614. The Balaban J connectivity index is 1.67. The zero-order valence-corrected chi connectivity index (χ0v) is 18.6. The Kier molecular flexibility index (Phi) is 7.97. The minimum atomic E-state index is -0.848. The highest BCUT2D eigenvalue weighted by Crippen LogP contribution is 2.18. The fraction of sp³-hybridized carbons (Fsp3) is 0.810. The molecular formula is C21H36N6O4. The molecule has 0 aromatic heterocycles. The molecular weight excluding hydrogens is 400 g/mol. The molecule has 4 N–H and O–H groups in total. The molecule has 3 aliphatic rings. The fourth-order valence-corrected chi connectivity index (χ4v) is 4.46. The molecule has 10 heteroatoms. The number of piperidine rings is 1. The first kappa shape index (κ1) is 23.1. The van der Waals surface area contributed by atoms with Crippen molar-refractivity contribution in [3.63, 3.8) is 0 Å². The summed E-state index contributed by atoms with van der Waals surface area (Å²) in [6, 6.07) is -1.89. The number of hydrogen-bond acceptors (Lipinski definition) is 4. The molecule has 3 fully saturated rings. The van der Waals surface area contributed by atoms with Gasteiger partial charge in [0.1, 0.15) is 12.1 Å². The average molecular weight is 437 g/mol. The summed E-state index contributed by atoms with van der Waals surface area (Å²) in [4.78, 5) is 53.8. The molecule has 3 rings (SSSR count). The third kappa shape index (κ3) is 6.24. The van der Waals surface area contributed by atoms with E-state index in [2.05, 4.69) is 21.3 Å². The van der Waals surface area contributed by atoms with Crippen molar-refractivity contribution in [2.45, 2.75) is 83.0 Å². The predicted molar refractivity (Wildman–Crippen MR) is 115 cm³/mol. The fourth-order valence-electron chi connectivity index (χ4n) is 4.46. The summed E-state index contributed by atoms with van der Waals surface area (Å²) in [6.45, 7) is 5.03. The quantitative estimate of drug-likeness (QED) is 0.513. The third-order valence-electron chi connectivity index (χ3n) is 6.18. The number of carbonyl (C=O) groups excluding carboxylic acids is 4. The van der Waals surface area contributed by atoms with Crippen LogP contribution in [0.25, 0.3) is 0 Å². The molecule has 10 nitrogen and oxygen atoms in total.